The normalized spacial score (nSPS) is 52.6. The van der Waals surface area contributed by atoms with Crippen LogP contribution in [0.25, 0.3) is 0 Å². The lowest BCUT2D eigenvalue weighted by molar-refractivity contribution is -0.317. The molecule has 1 aliphatic carbocycles. The molecule has 10 unspecified atom stereocenters. The number of rotatable bonds is 6. The Morgan fingerprint density at radius 1 is 0.902 bits per heavy atom. The minimum absolute atomic E-state index is 0.0538. The van der Waals surface area contributed by atoms with Crippen molar-refractivity contribution >= 4 is 11.7 Å². The first-order chi connectivity index (χ1) is 23.5. The Morgan fingerprint density at radius 3 is 2.10 bits per heavy atom. The zero-order valence-electron chi connectivity index (χ0n) is 32.3. The summed E-state index contributed by atoms with van der Waals surface area (Å²) in [5, 5.41) is 71.5. The zero-order chi connectivity index (χ0) is 38.5. The van der Waals surface area contributed by atoms with Crippen LogP contribution in [0.5, 0.6) is 0 Å². The van der Waals surface area contributed by atoms with Crippen LogP contribution in [-0.2, 0) is 33.2 Å². The molecule has 3 saturated heterocycles. The van der Waals surface area contributed by atoms with Gasteiger partial charge in [0.25, 0.3) is 0 Å². The summed E-state index contributed by atoms with van der Waals surface area (Å²) in [5.41, 5.74) is -4.48. The molecule has 296 valence electrons. The Hall–Kier alpha value is -1.50. The molecule has 3 heterocycles. The second-order valence-corrected chi connectivity index (χ2v) is 16.6. The SMILES string of the molecule is COC1(C)CC(O[C@H]2[C@H](C)[C@@H](OC3OC(C)CC(N(C)C)C3O)C(C)(O)C[C@@H](C)C(=NO)[C@H](C)[C@@H](O)[C@@]3(O)C(C)[C@H]3OC(=O)[C@@H]2C)OC(C)C1O. The number of likely N-dealkylation sites (N-methyl/N-ethyl adjacent to an activating group) is 1. The first-order valence-corrected chi connectivity index (χ1v) is 18.3. The quantitative estimate of drug-likeness (QED) is 0.129. The van der Waals surface area contributed by atoms with E-state index in [1.165, 1.54) is 7.11 Å². The maximum Gasteiger partial charge on any atom is 0.311 e. The highest BCUT2D eigenvalue weighted by Gasteiger charge is 2.70. The number of hydrogen-bond acceptors (Lipinski definition) is 15. The molecule has 4 rings (SSSR count). The minimum atomic E-state index is -1.81. The fourth-order valence-corrected chi connectivity index (χ4v) is 8.85. The fraction of sp³-hybridized carbons (Fsp3) is 0.944. The number of carbonyl (C=O) groups excluding carboxylic acids is 1. The Balaban J connectivity index is 1.82. The zero-order valence-corrected chi connectivity index (χ0v) is 32.3. The van der Waals surface area contributed by atoms with E-state index in [1.807, 2.05) is 25.9 Å². The van der Waals surface area contributed by atoms with Crippen LogP contribution in [0.2, 0.25) is 0 Å². The van der Waals surface area contributed by atoms with E-state index >= 15 is 0 Å². The van der Waals surface area contributed by atoms with E-state index in [0.29, 0.717) is 6.42 Å². The van der Waals surface area contributed by atoms with Gasteiger partial charge >= 0.3 is 5.97 Å². The summed E-state index contributed by atoms with van der Waals surface area (Å²) < 4.78 is 37.1. The van der Waals surface area contributed by atoms with Crippen LogP contribution in [0.3, 0.4) is 0 Å². The van der Waals surface area contributed by atoms with Gasteiger partial charge in [-0.1, -0.05) is 32.9 Å². The Kier molecular flexibility index (Phi) is 13.0. The van der Waals surface area contributed by atoms with Gasteiger partial charge in [-0.05, 0) is 61.6 Å². The Bertz CT molecular complexity index is 1240. The first kappa shape index (κ1) is 42.2. The molecule has 0 aromatic heterocycles. The second kappa shape index (κ2) is 15.7. The number of nitrogens with zero attached hydrogens (tertiary/aromatic N) is 2. The lowest BCUT2D eigenvalue weighted by atomic mass is 9.75. The third-order valence-corrected chi connectivity index (χ3v) is 12.3. The predicted octanol–water partition coefficient (Wildman–Crippen LogP) is 1.27. The van der Waals surface area contributed by atoms with Crippen molar-refractivity contribution in [3.8, 4) is 0 Å². The highest BCUT2D eigenvalue weighted by Crippen LogP contribution is 2.51. The first-order valence-electron chi connectivity index (χ1n) is 18.3. The van der Waals surface area contributed by atoms with E-state index in [4.69, 9.17) is 28.4 Å². The predicted molar refractivity (Wildman–Crippen MR) is 184 cm³/mol. The Labute approximate surface area is 302 Å². The largest absolute Gasteiger partial charge is 0.458 e. The molecule has 4 fully saturated rings. The van der Waals surface area contributed by atoms with Crippen molar-refractivity contribution in [1.82, 2.24) is 4.90 Å². The van der Waals surface area contributed by atoms with E-state index < -0.39 is 108 Å². The van der Waals surface area contributed by atoms with Crippen LogP contribution in [0, 0.1) is 29.6 Å². The van der Waals surface area contributed by atoms with Crippen LogP contribution in [0.4, 0.5) is 0 Å². The van der Waals surface area contributed by atoms with Crippen molar-refractivity contribution < 1.29 is 64.0 Å². The molecular formula is C36H64N2O13. The molecule has 19 atom stereocenters. The summed E-state index contributed by atoms with van der Waals surface area (Å²) >= 11 is 0. The summed E-state index contributed by atoms with van der Waals surface area (Å²) in [6, 6.07) is -0.317. The van der Waals surface area contributed by atoms with Gasteiger partial charge in [0, 0.05) is 43.2 Å². The molecule has 3 aliphatic heterocycles. The average molecular weight is 733 g/mol. The molecule has 51 heavy (non-hydrogen) atoms. The van der Waals surface area contributed by atoms with Crippen LogP contribution in [-0.4, -0.2) is 153 Å². The van der Waals surface area contributed by atoms with E-state index in [1.54, 1.807) is 55.4 Å². The fourth-order valence-electron chi connectivity index (χ4n) is 8.85. The monoisotopic (exact) mass is 732 g/mol. The number of oxime groups is 1. The second-order valence-electron chi connectivity index (χ2n) is 16.6. The van der Waals surface area contributed by atoms with Crippen molar-refractivity contribution in [3.05, 3.63) is 0 Å². The number of fused-ring (bicyclic) bond motifs is 1. The maximum absolute atomic E-state index is 14.0. The van der Waals surface area contributed by atoms with Crippen molar-refractivity contribution in [3.63, 3.8) is 0 Å². The molecule has 0 aromatic carbocycles. The molecule has 15 nitrogen and oxygen atoms in total. The summed E-state index contributed by atoms with van der Waals surface area (Å²) in [4.78, 5) is 15.9. The third kappa shape index (κ3) is 8.14. The van der Waals surface area contributed by atoms with Gasteiger partial charge in [0.05, 0.1) is 53.4 Å². The summed E-state index contributed by atoms with van der Waals surface area (Å²) in [6.45, 7) is 15.2. The van der Waals surface area contributed by atoms with Gasteiger partial charge in [-0.25, -0.2) is 0 Å². The standard InChI is InChI=1S/C36H64N2O13/c1-16-14-34(8,43)30(51-33-26(39)23(38(10)11)13-17(2)47-33)19(4)27(49-24-15-35(9,46-12)29(41)22(7)48-24)20(5)32(42)50-31-21(6)36(31,44)28(40)18(3)25(16)37-45/h16-24,26-31,33,39-41,43-45H,13-15H2,1-12H3/t16-,17?,18+,19+,20-,21?,22?,23?,24?,26?,27+,28-,29?,30-,31-,33?,34?,35?,36+/m1/s1. The summed E-state index contributed by atoms with van der Waals surface area (Å²) in [7, 11) is 5.19. The smallest absolute Gasteiger partial charge is 0.311 e. The van der Waals surface area contributed by atoms with Crippen molar-refractivity contribution in [2.45, 2.75) is 166 Å². The van der Waals surface area contributed by atoms with Crippen LogP contribution < -0.4 is 0 Å². The highest BCUT2D eigenvalue weighted by molar-refractivity contribution is 5.89. The minimum Gasteiger partial charge on any atom is -0.458 e. The molecule has 0 spiro atoms. The summed E-state index contributed by atoms with van der Waals surface area (Å²) in [5.74, 6) is -4.75. The van der Waals surface area contributed by atoms with E-state index in [0.717, 1.165) is 0 Å². The molecule has 0 aromatic rings. The number of carbonyl (C=O) groups is 1. The molecule has 0 bridgehead atoms. The lowest BCUT2D eigenvalue weighted by Crippen LogP contribution is -2.60. The molecule has 1 saturated carbocycles. The van der Waals surface area contributed by atoms with Gasteiger partial charge < -0.3 is 64.1 Å². The van der Waals surface area contributed by atoms with Gasteiger partial charge in [-0.2, -0.15) is 0 Å². The average Bonchev–Trinajstić information content (AvgIpc) is 3.58. The van der Waals surface area contributed by atoms with E-state index in [2.05, 4.69) is 5.16 Å². The highest BCUT2D eigenvalue weighted by atomic mass is 16.7. The molecule has 4 aliphatic rings. The van der Waals surface area contributed by atoms with Crippen molar-refractivity contribution in [1.29, 1.82) is 0 Å². The van der Waals surface area contributed by atoms with Gasteiger partial charge in [-0.3, -0.25) is 4.79 Å². The maximum atomic E-state index is 14.0. The topological polar surface area (TPSA) is 209 Å². The number of hydrogen-bond donors (Lipinski definition) is 6. The number of methoxy groups -OCH3 is 1. The van der Waals surface area contributed by atoms with Crippen molar-refractivity contribution in [2.24, 2.45) is 34.7 Å². The van der Waals surface area contributed by atoms with Crippen LogP contribution in [0.15, 0.2) is 5.16 Å². The van der Waals surface area contributed by atoms with Gasteiger partial charge in [0.2, 0.25) is 0 Å². The van der Waals surface area contributed by atoms with E-state index in [9.17, 15) is 35.5 Å². The molecule has 15 heteroatoms. The van der Waals surface area contributed by atoms with Crippen molar-refractivity contribution in [2.75, 3.05) is 21.2 Å². The number of aliphatic hydroxyl groups excluding tert-OH is 3. The number of ether oxygens (including phenoxy) is 6. The van der Waals surface area contributed by atoms with E-state index in [-0.39, 0.29) is 30.7 Å². The lowest BCUT2D eigenvalue weighted by Gasteiger charge is -2.48. The van der Waals surface area contributed by atoms with Gasteiger partial charge in [0.1, 0.15) is 23.9 Å². The molecule has 0 radical (unpaired) electrons. The van der Waals surface area contributed by atoms with Crippen LogP contribution in [0.1, 0.15) is 81.6 Å². The molecule has 6 N–H and O–H groups in total. The number of esters is 1. The molecule has 0 amide bonds. The van der Waals surface area contributed by atoms with Crippen LogP contribution >= 0.6 is 0 Å². The third-order valence-electron chi connectivity index (χ3n) is 12.3. The number of aliphatic hydroxyl groups is 5. The summed E-state index contributed by atoms with van der Waals surface area (Å²) in [6.07, 6.45) is -9.38. The Morgan fingerprint density at radius 2 is 1.53 bits per heavy atom. The van der Waals surface area contributed by atoms with Gasteiger partial charge in [-0.15, -0.1) is 0 Å². The molecular weight excluding hydrogens is 668 g/mol. The van der Waals surface area contributed by atoms with Gasteiger partial charge in [0.15, 0.2) is 12.6 Å².